The molecule has 3 N–H and O–H groups in total. The minimum Gasteiger partial charge on any atom is -0.370 e. The molecule has 0 saturated carbocycles. The number of hydrogen-bond donors (Lipinski definition) is 3. The Balaban J connectivity index is 1.91. The first kappa shape index (κ1) is 19.5. The van der Waals surface area contributed by atoms with Crippen molar-refractivity contribution in [3.63, 3.8) is 0 Å². The molecule has 0 unspecified atom stereocenters. The largest absolute Gasteiger partial charge is 0.370 e. The van der Waals surface area contributed by atoms with Crippen LogP contribution in [-0.2, 0) is 10.0 Å². The molecule has 0 fully saturated rings. The van der Waals surface area contributed by atoms with Crippen molar-refractivity contribution in [1.29, 1.82) is 0 Å². The molecule has 2 aromatic rings. The molecule has 2 rings (SSSR count). The number of rotatable bonds is 9. The fourth-order valence-electron chi connectivity index (χ4n) is 2.14. The molecule has 10 nitrogen and oxygen atoms in total. The van der Waals surface area contributed by atoms with Gasteiger partial charge in [-0.25, -0.2) is 23.1 Å². The normalized spacial score (nSPS) is 11.2. The van der Waals surface area contributed by atoms with Crippen LogP contribution in [0.3, 0.4) is 0 Å². The topological polar surface area (TPSA) is 139 Å². The standard InChI is InChI=1S/C15H20N6O4S/c1-3-16-14-10-15(20-11(2)19-14)17-8-9-18-26(24,25)13-6-4-12(5-7-13)21(22)23/h4-7,10,18H,3,8-9H2,1-2H3,(H2,16,17,19,20). The molecule has 0 spiro atoms. The van der Waals surface area contributed by atoms with Crippen LogP contribution in [-0.4, -0.2) is 42.9 Å². The molecule has 0 aliphatic rings. The predicted octanol–water partition coefficient (Wildman–Crippen LogP) is 1.52. The van der Waals surface area contributed by atoms with Gasteiger partial charge in [0.2, 0.25) is 10.0 Å². The SMILES string of the molecule is CCNc1cc(NCCNS(=O)(=O)c2ccc([N+](=O)[O-])cc2)nc(C)n1. The second kappa shape index (κ2) is 8.54. The lowest BCUT2D eigenvalue weighted by Gasteiger charge is -2.10. The van der Waals surface area contributed by atoms with Gasteiger partial charge in [-0.2, -0.15) is 0 Å². The van der Waals surface area contributed by atoms with E-state index in [2.05, 4.69) is 25.3 Å². The molecule has 140 valence electrons. The van der Waals surface area contributed by atoms with E-state index in [1.807, 2.05) is 6.92 Å². The number of non-ortho nitro benzene ring substituents is 1. The number of nitrogens with zero attached hydrogens (tertiary/aromatic N) is 3. The van der Waals surface area contributed by atoms with E-state index in [-0.39, 0.29) is 17.1 Å². The van der Waals surface area contributed by atoms with Gasteiger partial charge < -0.3 is 10.6 Å². The summed E-state index contributed by atoms with van der Waals surface area (Å²) in [4.78, 5) is 18.5. The van der Waals surface area contributed by atoms with Gasteiger partial charge in [0.25, 0.3) is 5.69 Å². The number of sulfonamides is 1. The summed E-state index contributed by atoms with van der Waals surface area (Å²) >= 11 is 0. The highest BCUT2D eigenvalue weighted by Crippen LogP contribution is 2.15. The molecule has 0 radical (unpaired) electrons. The molecule has 1 heterocycles. The van der Waals surface area contributed by atoms with Crippen molar-refractivity contribution in [2.24, 2.45) is 0 Å². The summed E-state index contributed by atoms with van der Waals surface area (Å²) in [6, 6.07) is 6.44. The van der Waals surface area contributed by atoms with Crippen LogP contribution in [0.25, 0.3) is 0 Å². The van der Waals surface area contributed by atoms with Crippen molar-refractivity contribution in [2.45, 2.75) is 18.7 Å². The van der Waals surface area contributed by atoms with Gasteiger partial charge in [0.05, 0.1) is 9.82 Å². The van der Waals surface area contributed by atoms with Gasteiger partial charge in [-0.1, -0.05) is 0 Å². The maximum atomic E-state index is 12.2. The highest BCUT2D eigenvalue weighted by atomic mass is 32.2. The number of anilines is 2. The molecule has 1 aromatic heterocycles. The Morgan fingerprint density at radius 1 is 1.08 bits per heavy atom. The van der Waals surface area contributed by atoms with Crippen LogP contribution in [0.4, 0.5) is 17.3 Å². The number of nitrogens with one attached hydrogen (secondary N) is 3. The molecule has 0 aliphatic heterocycles. The lowest BCUT2D eigenvalue weighted by molar-refractivity contribution is -0.384. The van der Waals surface area contributed by atoms with E-state index in [1.54, 1.807) is 13.0 Å². The fourth-order valence-corrected chi connectivity index (χ4v) is 3.17. The average Bonchev–Trinajstić information content (AvgIpc) is 2.59. The summed E-state index contributed by atoms with van der Waals surface area (Å²) in [6.07, 6.45) is 0. The minimum atomic E-state index is -3.74. The van der Waals surface area contributed by atoms with E-state index in [4.69, 9.17) is 0 Å². The van der Waals surface area contributed by atoms with E-state index in [9.17, 15) is 18.5 Å². The summed E-state index contributed by atoms with van der Waals surface area (Å²) in [6.45, 7) is 4.89. The lowest BCUT2D eigenvalue weighted by atomic mass is 10.3. The van der Waals surface area contributed by atoms with E-state index < -0.39 is 14.9 Å². The van der Waals surface area contributed by atoms with E-state index in [1.165, 1.54) is 12.1 Å². The predicted molar refractivity (Wildman–Crippen MR) is 97.7 cm³/mol. The Morgan fingerprint density at radius 3 is 2.27 bits per heavy atom. The third-order valence-corrected chi connectivity index (χ3v) is 4.75. The second-order valence-electron chi connectivity index (χ2n) is 5.29. The van der Waals surface area contributed by atoms with Crippen LogP contribution in [0.5, 0.6) is 0 Å². The molecular formula is C15H20N6O4S. The van der Waals surface area contributed by atoms with Crippen molar-refractivity contribution in [1.82, 2.24) is 14.7 Å². The first-order chi connectivity index (χ1) is 12.3. The summed E-state index contributed by atoms with van der Waals surface area (Å²) < 4.78 is 26.8. The van der Waals surface area contributed by atoms with Crippen LogP contribution >= 0.6 is 0 Å². The first-order valence-corrected chi connectivity index (χ1v) is 9.37. The van der Waals surface area contributed by atoms with Gasteiger partial charge in [-0.05, 0) is 26.0 Å². The smallest absolute Gasteiger partial charge is 0.269 e. The molecule has 0 bridgehead atoms. The summed E-state index contributed by atoms with van der Waals surface area (Å²) in [7, 11) is -3.74. The zero-order valence-corrected chi connectivity index (χ0v) is 15.2. The first-order valence-electron chi connectivity index (χ1n) is 7.89. The highest BCUT2D eigenvalue weighted by Gasteiger charge is 2.15. The van der Waals surface area contributed by atoms with Crippen molar-refractivity contribution in [3.8, 4) is 0 Å². The molecule has 1 aromatic carbocycles. The lowest BCUT2D eigenvalue weighted by Crippen LogP contribution is -2.29. The average molecular weight is 380 g/mol. The van der Waals surface area contributed by atoms with Crippen molar-refractivity contribution >= 4 is 27.3 Å². The Labute approximate surface area is 151 Å². The molecule has 0 atom stereocenters. The van der Waals surface area contributed by atoms with Crippen LogP contribution < -0.4 is 15.4 Å². The summed E-state index contributed by atoms with van der Waals surface area (Å²) in [5, 5.41) is 16.7. The molecule has 11 heteroatoms. The van der Waals surface area contributed by atoms with Gasteiger partial charge in [0, 0.05) is 37.8 Å². The van der Waals surface area contributed by atoms with Gasteiger partial charge in [0.1, 0.15) is 17.5 Å². The summed E-state index contributed by atoms with van der Waals surface area (Å²) in [5.41, 5.74) is -0.166. The third-order valence-electron chi connectivity index (χ3n) is 3.28. The zero-order valence-electron chi connectivity index (χ0n) is 14.4. The van der Waals surface area contributed by atoms with Gasteiger partial charge in [-0.15, -0.1) is 0 Å². The number of benzene rings is 1. The number of nitro groups is 1. The Hall–Kier alpha value is -2.79. The minimum absolute atomic E-state index is 0.0320. The van der Waals surface area contributed by atoms with Crippen molar-refractivity contribution in [3.05, 3.63) is 46.3 Å². The monoisotopic (exact) mass is 380 g/mol. The number of nitro benzene ring substituents is 1. The Morgan fingerprint density at radius 2 is 1.69 bits per heavy atom. The molecular weight excluding hydrogens is 360 g/mol. The van der Waals surface area contributed by atoms with E-state index in [0.29, 0.717) is 24.0 Å². The highest BCUT2D eigenvalue weighted by molar-refractivity contribution is 7.89. The molecule has 0 amide bonds. The van der Waals surface area contributed by atoms with E-state index in [0.717, 1.165) is 18.7 Å². The molecule has 0 saturated heterocycles. The van der Waals surface area contributed by atoms with E-state index >= 15 is 0 Å². The maximum Gasteiger partial charge on any atom is 0.269 e. The van der Waals surface area contributed by atoms with Gasteiger partial charge in [-0.3, -0.25) is 10.1 Å². The van der Waals surface area contributed by atoms with Gasteiger partial charge >= 0.3 is 0 Å². The van der Waals surface area contributed by atoms with Crippen LogP contribution in [0.2, 0.25) is 0 Å². The van der Waals surface area contributed by atoms with Crippen LogP contribution in [0.15, 0.2) is 35.2 Å². The summed E-state index contributed by atoms with van der Waals surface area (Å²) in [5.74, 6) is 1.87. The Bertz CT molecular complexity index is 870. The zero-order chi connectivity index (χ0) is 19.2. The second-order valence-corrected chi connectivity index (χ2v) is 7.06. The van der Waals surface area contributed by atoms with Crippen molar-refractivity contribution in [2.75, 3.05) is 30.3 Å². The molecule has 26 heavy (non-hydrogen) atoms. The number of aromatic nitrogens is 2. The van der Waals surface area contributed by atoms with Gasteiger partial charge in [0.15, 0.2) is 0 Å². The number of aryl methyl sites for hydroxylation is 1. The maximum absolute atomic E-state index is 12.2. The van der Waals surface area contributed by atoms with Crippen LogP contribution in [0.1, 0.15) is 12.7 Å². The van der Waals surface area contributed by atoms with Crippen LogP contribution in [0, 0.1) is 17.0 Å². The molecule has 0 aliphatic carbocycles. The third kappa shape index (κ3) is 5.36. The van der Waals surface area contributed by atoms with Crippen molar-refractivity contribution < 1.29 is 13.3 Å². The Kier molecular flexibility index (Phi) is 6.41. The fraction of sp³-hybridized carbons (Fsp3) is 0.333. The quantitative estimate of drug-likeness (QED) is 0.338. The number of hydrogen-bond acceptors (Lipinski definition) is 8.